The van der Waals surface area contributed by atoms with Crippen LogP contribution in [-0.2, 0) is 16.1 Å². The van der Waals surface area contributed by atoms with Crippen LogP contribution in [0.1, 0.15) is 43.2 Å². The largest absolute Gasteiger partial charge is 0.497 e. The molecule has 2 heterocycles. The molecule has 1 atom stereocenters. The molecule has 1 saturated carbocycles. The van der Waals surface area contributed by atoms with Crippen molar-refractivity contribution in [2.45, 2.75) is 57.1 Å². The van der Waals surface area contributed by atoms with Gasteiger partial charge in [-0.1, -0.05) is 12.1 Å². The van der Waals surface area contributed by atoms with Crippen molar-refractivity contribution in [1.82, 2.24) is 9.88 Å². The Kier molecular flexibility index (Phi) is 8.59. The first-order valence-corrected chi connectivity index (χ1v) is 12.2. The van der Waals surface area contributed by atoms with Crippen LogP contribution in [0.25, 0.3) is 0 Å². The number of nitrogens with zero attached hydrogens (tertiary/aromatic N) is 2. The van der Waals surface area contributed by atoms with Gasteiger partial charge in [0.2, 0.25) is 12.0 Å². The van der Waals surface area contributed by atoms with E-state index in [1.54, 1.807) is 24.3 Å². The van der Waals surface area contributed by atoms with E-state index in [-0.39, 0.29) is 42.7 Å². The number of aromatic nitrogens is 1. The summed E-state index contributed by atoms with van der Waals surface area (Å²) in [5.41, 5.74) is 0.399. The van der Waals surface area contributed by atoms with Gasteiger partial charge >= 0.3 is 12.3 Å². The molecule has 2 aromatic rings. The minimum Gasteiger partial charge on any atom is -0.497 e. The van der Waals surface area contributed by atoms with Crippen molar-refractivity contribution in [3.8, 4) is 11.6 Å². The van der Waals surface area contributed by atoms with Gasteiger partial charge in [0.25, 0.3) is 6.43 Å². The van der Waals surface area contributed by atoms with Crippen LogP contribution in [0.4, 0.5) is 26.7 Å². The molecule has 38 heavy (non-hydrogen) atoms. The molecule has 4 rings (SSSR count). The number of rotatable bonds is 9. The molecular formula is C26H29F5N2O5. The number of benzene rings is 1. The van der Waals surface area contributed by atoms with E-state index in [1.165, 1.54) is 24.1 Å². The predicted molar refractivity (Wildman–Crippen MR) is 125 cm³/mol. The molecule has 1 aliphatic carbocycles. The van der Waals surface area contributed by atoms with E-state index in [2.05, 4.69) is 4.98 Å². The lowest BCUT2D eigenvalue weighted by Crippen LogP contribution is -2.53. The maximum absolute atomic E-state index is 13.5. The number of amides is 1. The summed E-state index contributed by atoms with van der Waals surface area (Å²) in [6, 6.07) is 9.36. The number of hydrogen-bond donors (Lipinski definition) is 0. The van der Waals surface area contributed by atoms with E-state index in [1.807, 2.05) is 0 Å². The maximum Gasteiger partial charge on any atom is 0.427 e. The van der Waals surface area contributed by atoms with E-state index in [9.17, 15) is 26.7 Å². The average Bonchev–Trinajstić information content (AvgIpc) is 2.87. The van der Waals surface area contributed by atoms with Gasteiger partial charge in [0.15, 0.2) is 0 Å². The zero-order chi connectivity index (χ0) is 27.3. The van der Waals surface area contributed by atoms with Crippen molar-refractivity contribution in [2.24, 2.45) is 5.41 Å². The summed E-state index contributed by atoms with van der Waals surface area (Å²) in [6.45, 7) is -0.353. The highest BCUT2D eigenvalue weighted by Gasteiger charge is 2.49. The van der Waals surface area contributed by atoms with Crippen molar-refractivity contribution in [3.63, 3.8) is 0 Å². The van der Waals surface area contributed by atoms with E-state index in [0.29, 0.717) is 37.0 Å². The highest BCUT2D eigenvalue weighted by molar-refractivity contribution is 5.68. The SMILES string of the molecule is COc1ccc(COC[C@@H](OC(=O)N2CCC3(CC2)CC(Oc2ccc(C(F)F)cn2)C3)C(F)(F)F)cc1. The fraction of sp³-hybridized carbons (Fsp3) is 0.538. The average molecular weight is 545 g/mol. The minimum absolute atomic E-state index is 0.0739. The second-order valence-electron chi connectivity index (χ2n) is 9.64. The molecule has 208 valence electrons. The highest BCUT2D eigenvalue weighted by Crippen LogP contribution is 2.50. The number of halogens is 5. The number of methoxy groups -OCH3 is 1. The number of likely N-dealkylation sites (tertiary alicyclic amines) is 1. The monoisotopic (exact) mass is 544 g/mol. The Balaban J connectivity index is 1.20. The molecule has 2 aliphatic rings. The van der Waals surface area contributed by atoms with Gasteiger partial charge in [0.1, 0.15) is 11.9 Å². The standard InChI is InChI=1S/C26H29F5N2O5/c1-35-19-5-2-17(3-6-19)15-36-16-21(26(29,30)31)38-24(34)33-10-8-25(9-11-33)12-20(13-25)37-22-7-4-18(14-32-22)23(27)28/h2-7,14,20-21,23H,8-13,15-16H2,1H3/t21-/m1/s1. The van der Waals surface area contributed by atoms with Crippen molar-refractivity contribution in [2.75, 3.05) is 26.8 Å². The zero-order valence-electron chi connectivity index (χ0n) is 20.8. The lowest BCUT2D eigenvalue weighted by molar-refractivity contribution is -0.220. The molecular weight excluding hydrogens is 515 g/mol. The predicted octanol–water partition coefficient (Wildman–Crippen LogP) is 5.94. The Hall–Kier alpha value is -3.15. The first kappa shape index (κ1) is 27.9. The topological polar surface area (TPSA) is 70.1 Å². The smallest absolute Gasteiger partial charge is 0.427 e. The highest BCUT2D eigenvalue weighted by atomic mass is 19.4. The first-order valence-electron chi connectivity index (χ1n) is 12.2. The second kappa shape index (κ2) is 11.7. The Morgan fingerprint density at radius 1 is 1.11 bits per heavy atom. The quantitative estimate of drug-likeness (QED) is 0.364. The first-order chi connectivity index (χ1) is 18.1. The third kappa shape index (κ3) is 7.03. The number of carbonyl (C=O) groups excluding carboxylic acids is 1. The van der Waals surface area contributed by atoms with Crippen LogP contribution >= 0.6 is 0 Å². The number of piperidine rings is 1. The molecule has 1 amide bonds. The van der Waals surface area contributed by atoms with E-state index >= 15 is 0 Å². The van der Waals surface area contributed by atoms with Gasteiger partial charge in [-0.3, -0.25) is 0 Å². The number of ether oxygens (including phenoxy) is 4. The lowest BCUT2D eigenvalue weighted by Gasteiger charge is -2.51. The van der Waals surface area contributed by atoms with E-state index < -0.39 is 31.4 Å². The van der Waals surface area contributed by atoms with Crippen molar-refractivity contribution in [3.05, 3.63) is 53.7 Å². The van der Waals surface area contributed by atoms with Gasteiger partial charge in [-0.25, -0.2) is 18.6 Å². The van der Waals surface area contributed by atoms with Crippen molar-refractivity contribution < 1.29 is 45.7 Å². The summed E-state index contributed by atoms with van der Waals surface area (Å²) >= 11 is 0. The van der Waals surface area contributed by atoms with Gasteiger partial charge in [0.05, 0.1) is 20.3 Å². The molecule has 1 spiro atoms. The van der Waals surface area contributed by atoms with Gasteiger partial charge in [-0.05, 0) is 54.9 Å². The number of hydrogen-bond acceptors (Lipinski definition) is 6. The summed E-state index contributed by atoms with van der Waals surface area (Å²) in [6.07, 6.45) is -7.23. The van der Waals surface area contributed by atoms with Gasteiger partial charge < -0.3 is 23.8 Å². The molecule has 1 aromatic carbocycles. The Bertz CT molecular complexity index is 1050. The summed E-state index contributed by atoms with van der Waals surface area (Å²) in [5.74, 6) is 0.880. The summed E-state index contributed by atoms with van der Waals surface area (Å²) < 4.78 is 86.6. The van der Waals surface area contributed by atoms with Crippen LogP contribution in [0.5, 0.6) is 11.6 Å². The lowest BCUT2D eigenvalue weighted by atomic mass is 9.61. The summed E-state index contributed by atoms with van der Waals surface area (Å²) in [5, 5.41) is 0. The van der Waals surface area contributed by atoms with Gasteiger partial charge in [-0.2, -0.15) is 13.2 Å². The molecule has 2 fully saturated rings. The molecule has 0 N–H and O–H groups in total. The van der Waals surface area contributed by atoms with Crippen molar-refractivity contribution >= 4 is 6.09 Å². The van der Waals surface area contributed by atoms with Crippen LogP contribution in [0, 0.1) is 5.41 Å². The molecule has 7 nitrogen and oxygen atoms in total. The third-order valence-electron chi connectivity index (χ3n) is 7.01. The van der Waals surface area contributed by atoms with Crippen LogP contribution in [0.15, 0.2) is 42.6 Å². The maximum atomic E-state index is 13.5. The van der Waals surface area contributed by atoms with E-state index in [0.717, 1.165) is 6.20 Å². The zero-order valence-corrected chi connectivity index (χ0v) is 20.8. The summed E-state index contributed by atoms with van der Waals surface area (Å²) in [7, 11) is 1.51. The number of carbonyl (C=O) groups is 1. The summed E-state index contributed by atoms with van der Waals surface area (Å²) in [4.78, 5) is 17.7. The molecule has 0 radical (unpaired) electrons. The fourth-order valence-corrected chi connectivity index (χ4v) is 4.72. The molecule has 1 aromatic heterocycles. The molecule has 12 heteroatoms. The van der Waals surface area contributed by atoms with Crippen LogP contribution in [0.3, 0.4) is 0 Å². The molecule has 1 saturated heterocycles. The van der Waals surface area contributed by atoms with Gasteiger partial charge in [-0.15, -0.1) is 0 Å². The molecule has 1 aliphatic heterocycles. The van der Waals surface area contributed by atoms with Gasteiger partial charge in [0, 0.05) is 30.9 Å². The van der Waals surface area contributed by atoms with Crippen LogP contribution < -0.4 is 9.47 Å². The molecule has 0 unspecified atom stereocenters. The Morgan fingerprint density at radius 3 is 2.34 bits per heavy atom. The van der Waals surface area contributed by atoms with Crippen LogP contribution in [0.2, 0.25) is 0 Å². The Morgan fingerprint density at radius 2 is 1.79 bits per heavy atom. The van der Waals surface area contributed by atoms with Crippen molar-refractivity contribution in [1.29, 1.82) is 0 Å². The number of alkyl halides is 5. The normalized spacial score (nSPS) is 18.2. The van der Waals surface area contributed by atoms with Crippen LogP contribution in [-0.4, -0.2) is 61.2 Å². The second-order valence-corrected chi connectivity index (χ2v) is 9.64. The minimum atomic E-state index is -4.77. The third-order valence-corrected chi connectivity index (χ3v) is 7.01. The fourth-order valence-electron chi connectivity index (χ4n) is 4.72. The Labute approximate surface area is 216 Å². The van der Waals surface area contributed by atoms with E-state index in [4.69, 9.17) is 18.9 Å². The molecule has 0 bridgehead atoms. The number of pyridine rings is 1.